The summed E-state index contributed by atoms with van der Waals surface area (Å²) in [6, 6.07) is 20.4. The van der Waals surface area contributed by atoms with Gasteiger partial charge in [0.15, 0.2) is 0 Å². The fourth-order valence-corrected chi connectivity index (χ4v) is 4.48. The van der Waals surface area contributed by atoms with Crippen LogP contribution in [-0.2, 0) is 17.5 Å². The summed E-state index contributed by atoms with van der Waals surface area (Å²) in [6.45, 7) is 2.62. The molecule has 0 spiro atoms. The van der Waals surface area contributed by atoms with E-state index in [1.807, 2.05) is 18.2 Å². The van der Waals surface area contributed by atoms with E-state index < -0.39 is 16.8 Å². The third kappa shape index (κ3) is 4.70. The van der Waals surface area contributed by atoms with Crippen molar-refractivity contribution in [2.24, 2.45) is 0 Å². The van der Waals surface area contributed by atoms with Crippen molar-refractivity contribution in [1.29, 1.82) is 0 Å². The van der Waals surface area contributed by atoms with Gasteiger partial charge in [-0.1, -0.05) is 54.6 Å². The minimum absolute atomic E-state index is 0.118. The maximum Gasteiger partial charge on any atom is 0.142 e. The van der Waals surface area contributed by atoms with Gasteiger partial charge in [0.05, 0.1) is 11.1 Å². The van der Waals surface area contributed by atoms with Crippen LogP contribution in [0.3, 0.4) is 0 Å². The number of nitrogens with zero attached hydrogens (tertiary/aromatic N) is 2. The summed E-state index contributed by atoms with van der Waals surface area (Å²) in [6.07, 6.45) is 3.46. The van der Waals surface area contributed by atoms with Gasteiger partial charge in [-0.2, -0.15) is 0 Å². The molecule has 1 saturated heterocycles. The molecule has 3 aromatic rings. The van der Waals surface area contributed by atoms with Gasteiger partial charge in [-0.05, 0) is 29.2 Å². The summed E-state index contributed by atoms with van der Waals surface area (Å²) in [5.74, 6) is -0.473. The molecule has 0 aliphatic carbocycles. The smallest absolute Gasteiger partial charge is 0.142 e. The number of aromatic nitrogens is 1. The lowest BCUT2D eigenvalue weighted by molar-refractivity contribution is 0.325. The highest BCUT2D eigenvalue weighted by atomic mass is 32.2. The fourth-order valence-electron chi connectivity index (χ4n) is 3.48. The Morgan fingerprint density at radius 1 is 1.07 bits per heavy atom. The zero-order valence-corrected chi connectivity index (χ0v) is 16.2. The summed E-state index contributed by atoms with van der Waals surface area (Å²) < 4.78 is 28.7. The van der Waals surface area contributed by atoms with Crippen LogP contribution in [0.4, 0.5) is 4.39 Å². The Labute approximate surface area is 167 Å². The summed E-state index contributed by atoms with van der Waals surface area (Å²) in [7, 11) is -1.45. The molecule has 4 rings (SSSR count). The lowest BCUT2D eigenvalue weighted by Crippen LogP contribution is -2.33. The lowest BCUT2D eigenvalue weighted by Gasteiger charge is -2.17. The molecule has 1 aliphatic rings. The summed E-state index contributed by atoms with van der Waals surface area (Å²) in [5, 5.41) is 0. The normalized spacial score (nSPS) is 18.2. The second-order valence-electron chi connectivity index (χ2n) is 7.01. The van der Waals surface area contributed by atoms with Crippen molar-refractivity contribution in [2.45, 2.75) is 23.9 Å². The van der Waals surface area contributed by atoms with Crippen LogP contribution in [0.5, 0.6) is 0 Å². The fraction of sp³-hybridized carbons (Fsp3) is 0.227. The van der Waals surface area contributed by atoms with E-state index in [0.717, 1.165) is 32.3 Å². The van der Waals surface area contributed by atoms with Crippen molar-refractivity contribution in [3.63, 3.8) is 0 Å². The molecule has 28 heavy (non-hydrogen) atoms. The minimum atomic E-state index is -1.45. The number of halogens is 1. The molecule has 2 heterocycles. The quantitative estimate of drug-likeness (QED) is 0.691. The molecule has 4 nitrogen and oxygen atoms in total. The Balaban J connectivity index is 1.31. The summed E-state index contributed by atoms with van der Waals surface area (Å²) >= 11 is 0. The van der Waals surface area contributed by atoms with E-state index in [1.165, 1.54) is 29.0 Å². The van der Waals surface area contributed by atoms with E-state index in [4.69, 9.17) is 0 Å². The summed E-state index contributed by atoms with van der Waals surface area (Å²) in [4.78, 5) is 6.47. The zero-order chi connectivity index (χ0) is 19.3. The van der Waals surface area contributed by atoms with Gasteiger partial charge in [0.25, 0.3) is 0 Å². The zero-order valence-electron chi connectivity index (χ0n) is 15.4. The van der Waals surface area contributed by atoms with Crippen molar-refractivity contribution < 1.29 is 8.60 Å². The van der Waals surface area contributed by atoms with Crippen LogP contribution in [-0.4, -0.2) is 33.2 Å². The van der Waals surface area contributed by atoms with Gasteiger partial charge < -0.3 is 0 Å². The van der Waals surface area contributed by atoms with Crippen LogP contribution in [0.2, 0.25) is 0 Å². The van der Waals surface area contributed by atoms with Crippen LogP contribution in [0.25, 0.3) is 11.1 Å². The first-order valence-electron chi connectivity index (χ1n) is 9.32. The number of likely N-dealkylation sites (tertiary alicyclic amines) is 1. The van der Waals surface area contributed by atoms with Crippen molar-refractivity contribution >= 4 is 11.0 Å². The predicted octanol–water partition coefficient (Wildman–Crippen LogP) is 3.77. The number of benzene rings is 2. The first kappa shape index (κ1) is 18.9. The SMILES string of the molecule is O=S(NC1CCN(Cc2ccc(-c3ccccc3)cc2)C1)c1cncc(F)c1. The molecule has 144 valence electrons. The molecule has 2 atom stereocenters. The highest BCUT2D eigenvalue weighted by Crippen LogP contribution is 2.21. The molecule has 0 radical (unpaired) electrons. The average molecular weight is 396 g/mol. The van der Waals surface area contributed by atoms with Crippen LogP contribution < -0.4 is 4.72 Å². The third-order valence-corrected chi connectivity index (χ3v) is 6.11. The van der Waals surface area contributed by atoms with Gasteiger partial charge in [-0.25, -0.2) is 13.3 Å². The van der Waals surface area contributed by atoms with Crippen molar-refractivity contribution in [2.75, 3.05) is 13.1 Å². The van der Waals surface area contributed by atoms with Crippen LogP contribution >= 0.6 is 0 Å². The van der Waals surface area contributed by atoms with Crippen molar-refractivity contribution in [3.05, 3.63) is 84.4 Å². The van der Waals surface area contributed by atoms with Gasteiger partial charge in [-0.3, -0.25) is 9.88 Å². The Bertz CT molecular complexity index is 950. The minimum Gasteiger partial charge on any atom is -0.297 e. The second kappa shape index (κ2) is 8.73. The third-order valence-electron chi connectivity index (χ3n) is 4.91. The Hall–Kier alpha value is -2.41. The van der Waals surface area contributed by atoms with Crippen LogP contribution in [0.15, 0.2) is 78.0 Å². The molecule has 0 amide bonds. The van der Waals surface area contributed by atoms with E-state index in [9.17, 15) is 8.60 Å². The number of pyridine rings is 1. The Kier molecular flexibility index (Phi) is 5.90. The average Bonchev–Trinajstić information content (AvgIpc) is 3.16. The number of hydrogen-bond acceptors (Lipinski definition) is 3. The molecule has 1 aromatic heterocycles. The second-order valence-corrected chi connectivity index (χ2v) is 8.25. The maximum atomic E-state index is 13.2. The molecule has 0 saturated carbocycles. The van der Waals surface area contributed by atoms with E-state index in [1.54, 1.807) is 0 Å². The Morgan fingerprint density at radius 2 is 1.82 bits per heavy atom. The largest absolute Gasteiger partial charge is 0.297 e. The number of nitrogens with one attached hydrogen (secondary N) is 1. The standard InChI is InChI=1S/C22H22FN3OS/c23-20-12-22(14-24-13-20)28(27)25-21-10-11-26(16-21)15-17-6-8-19(9-7-17)18-4-2-1-3-5-18/h1-9,12-14,21,25H,10-11,15-16H2. The monoisotopic (exact) mass is 395 g/mol. The lowest BCUT2D eigenvalue weighted by atomic mass is 10.0. The molecular weight excluding hydrogens is 373 g/mol. The van der Waals surface area contributed by atoms with E-state index in [2.05, 4.69) is 51.0 Å². The van der Waals surface area contributed by atoms with Crippen molar-refractivity contribution in [3.8, 4) is 11.1 Å². The van der Waals surface area contributed by atoms with Gasteiger partial charge in [0.2, 0.25) is 0 Å². The first-order valence-corrected chi connectivity index (χ1v) is 10.5. The maximum absolute atomic E-state index is 13.2. The molecule has 1 fully saturated rings. The number of rotatable bonds is 6. The molecular formula is C22H22FN3OS. The summed E-state index contributed by atoms with van der Waals surface area (Å²) in [5.41, 5.74) is 3.69. The molecule has 6 heteroatoms. The molecule has 2 aromatic carbocycles. The highest BCUT2D eigenvalue weighted by molar-refractivity contribution is 7.83. The predicted molar refractivity (Wildman–Crippen MR) is 109 cm³/mol. The van der Waals surface area contributed by atoms with Crippen LogP contribution in [0, 0.1) is 5.82 Å². The first-order chi connectivity index (χ1) is 13.7. The van der Waals surface area contributed by atoms with E-state index in [0.29, 0.717) is 4.90 Å². The van der Waals surface area contributed by atoms with Crippen LogP contribution in [0.1, 0.15) is 12.0 Å². The highest BCUT2D eigenvalue weighted by Gasteiger charge is 2.24. The molecule has 1 aliphatic heterocycles. The number of hydrogen-bond donors (Lipinski definition) is 1. The molecule has 1 N–H and O–H groups in total. The molecule has 0 bridgehead atoms. The Morgan fingerprint density at radius 3 is 2.57 bits per heavy atom. The van der Waals surface area contributed by atoms with E-state index in [-0.39, 0.29) is 6.04 Å². The van der Waals surface area contributed by atoms with Crippen molar-refractivity contribution in [1.82, 2.24) is 14.6 Å². The van der Waals surface area contributed by atoms with E-state index >= 15 is 0 Å². The van der Waals surface area contributed by atoms with Gasteiger partial charge in [0, 0.05) is 31.9 Å². The van der Waals surface area contributed by atoms with Gasteiger partial charge >= 0.3 is 0 Å². The topological polar surface area (TPSA) is 45.2 Å². The van der Waals surface area contributed by atoms with Gasteiger partial charge in [0.1, 0.15) is 16.8 Å². The molecule has 2 unspecified atom stereocenters. The van der Waals surface area contributed by atoms with Gasteiger partial charge in [-0.15, -0.1) is 0 Å².